The van der Waals surface area contributed by atoms with Gasteiger partial charge in [-0.2, -0.15) is 0 Å². The molecule has 1 aromatic carbocycles. The zero-order valence-corrected chi connectivity index (χ0v) is 11.6. The van der Waals surface area contributed by atoms with Crippen LogP contribution < -0.4 is 11.1 Å². The van der Waals surface area contributed by atoms with Crippen molar-refractivity contribution in [2.75, 3.05) is 24.6 Å². The second-order valence-corrected chi connectivity index (χ2v) is 5.45. The number of thiophene rings is 1. The van der Waals surface area contributed by atoms with Gasteiger partial charge >= 0.3 is 0 Å². The van der Waals surface area contributed by atoms with Crippen LogP contribution >= 0.6 is 11.3 Å². The molecule has 5 heteroatoms. The lowest BCUT2D eigenvalue weighted by atomic mass is 10.3. The number of nitrogens with two attached hydrogens (primary N) is 1. The summed E-state index contributed by atoms with van der Waals surface area (Å²) in [5.74, 6) is -0.0242. The summed E-state index contributed by atoms with van der Waals surface area (Å²) in [5.41, 5.74) is 7.05. The Morgan fingerprint density at radius 1 is 1.32 bits per heavy atom. The summed E-state index contributed by atoms with van der Waals surface area (Å²) in [6, 6.07) is 11.2. The normalized spacial score (nSPS) is 10.6. The van der Waals surface area contributed by atoms with Gasteiger partial charge in [-0.05, 0) is 42.8 Å². The highest BCUT2D eigenvalue weighted by atomic mass is 32.1. The Hall–Kier alpha value is -1.85. The van der Waals surface area contributed by atoms with Gasteiger partial charge < -0.3 is 11.1 Å². The van der Waals surface area contributed by atoms with Crippen molar-refractivity contribution in [3.05, 3.63) is 46.7 Å². The van der Waals surface area contributed by atoms with Crippen molar-refractivity contribution in [3.8, 4) is 0 Å². The second-order valence-electron chi connectivity index (χ2n) is 4.42. The molecule has 0 radical (unpaired) electrons. The topological polar surface area (TPSA) is 58.4 Å². The summed E-state index contributed by atoms with van der Waals surface area (Å²) in [6.45, 7) is 1.15. The van der Waals surface area contributed by atoms with Crippen LogP contribution in [0.25, 0.3) is 0 Å². The van der Waals surface area contributed by atoms with Crippen LogP contribution in [0.15, 0.2) is 41.8 Å². The number of hydrogen-bond donors (Lipinski definition) is 2. The highest BCUT2D eigenvalue weighted by molar-refractivity contribution is 7.09. The van der Waals surface area contributed by atoms with Crippen LogP contribution in [0.5, 0.6) is 0 Å². The summed E-state index contributed by atoms with van der Waals surface area (Å²) in [6.07, 6.45) is 0. The number of carbonyl (C=O) groups is 1. The van der Waals surface area contributed by atoms with Crippen molar-refractivity contribution in [3.63, 3.8) is 0 Å². The molecule has 1 amide bonds. The average molecular weight is 275 g/mol. The van der Waals surface area contributed by atoms with Crippen molar-refractivity contribution in [2.45, 2.75) is 6.54 Å². The van der Waals surface area contributed by atoms with Gasteiger partial charge in [-0.3, -0.25) is 9.69 Å². The zero-order chi connectivity index (χ0) is 13.7. The lowest BCUT2D eigenvalue weighted by Crippen LogP contribution is -2.29. The Balaban J connectivity index is 1.82. The highest BCUT2D eigenvalue weighted by Crippen LogP contribution is 2.12. The first-order valence-corrected chi connectivity index (χ1v) is 6.88. The van der Waals surface area contributed by atoms with Crippen molar-refractivity contribution >= 4 is 28.6 Å². The second kappa shape index (κ2) is 6.36. The molecule has 0 aliphatic carbocycles. The summed E-state index contributed by atoms with van der Waals surface area (Å²) < 4.78 is 0. The van der Waals surface area contributed by atoms with E-state index in [-0.39, 0.29) is 5.91 Å². The standard InChI is InChI=1S/C14H17N3OS/c1-17(9-13-3-2-8-19-13)10-14(18)16-12-6-4-11(15)5-7-12/h2-8H,9-10,15H2,1H3,(H,16,18). The largest absolute Gasteiger partial charge is 0.399 e. The number of hydrogen-bond acceptors (Lipinski definition) is 4. The smallest absolute Gasteiger partial charge is 0.238 e. The molecule has 100 valence electrons. The van der Waals surface area contributed by atoms with Crippen molar-refractivity contribution in [2.24, 2.45) is 0 Å². The summed E-state index contributed by atoms with van der Waals surface area (Å²) in [5, 5.41) is 4.89. The fourth-order valence-corrected chi connectivity index (χ4v) is 2.52. The molecular weight excluding hydrogens is 258 g/mol. The van der Waals surface area contributed by atoms with E-state index >= 15 is 0 Å². The quantitative estimate of drug-likeness (QED) is 0.824. The van der Waals surface area contributed by atoms with Gasteiger partial charge in [-0.1, -0.05) is 6.07 Å². The molecule has 0 atom stereocenters. The first kappa shape index (κ1) is 13.6. The third-order valence-electron chi connectivity index (χ3n) is 2.61. The monoisotopic (exact) mass is 275 g/mol. The summed E-state index contributed by atoms with van der Waals surface area (Å²) in [7, 11) is 1.93. The van der Waals surface area contributed by atoms with Crippen LogP contribution in [0.3, 0.4) is 0 Å². The maximum atomic E-state index is 11.9. The van der Waals surface area contributed by atoms with E-state index in [4.69, 9.17) is 5.73 Å². The molecule has 0 spiro atoms. The van der Waals surface area contributed by atoms with Crippen molar-refractivity contribution in [1.82, 2.24) is 4.90 Å². The maximum absolute atomic E-state index is 11.9. The van der Waals surface area contributed by atoms with Crippen LogP contribution in [-0.4, -0.2) is 24.4 Å². The lowest BCUT2D eigenvalue weighted by molar-refractivity contribution is -0.117. The Morgan fingerprint density at radius 3 is 2.68 bits per heavy atom. The van der Waals surface area contributed by atoms with Crippen molar-refractivity contribution < 1.29 is 4.79 Å². The van der Waals surface area contributed by atoms with Gasteiger partial charge in [0, 0.05) is 22.8 Å². The molecule has 0 aliphatic rings. The first-order valence-electron chi connectivity index (χ1n) is 6.00. The number of carbonyl (C=O) groups excluding carboxylic acids is 1. The number of nitrogens with zero attached hydrogens (tertiary/aromatic N) is 1. The number of amides is 1. The van der Waals surface area contributed by atoms with Crippen LogP contribution in [0, 0.1) is 0 Å². The third kappa shape index (κ3) is 4.39. The van der Waals surface area contributed by atoms with Gasteiger partial charge in [0.2, 0.25) is 5.91 Å². The molecule has 2 rings (SSSR count). The number of anilines is 2. The molecule has 2 aromatic rings. The number of nitrogens with one attached hydrogen (secondary N) is 1. The number of rotatable bonds is 5. The van der Waals surface area contributed by atoms with Crippen molar-refractivity contribution in [1.29, 1.82) is 0 Å². The minimum Gasteiger partial charge on any atom is -0.399 e. The molecule has 0 saturated carbocycles. The molecule has 0 saturated heterocycles. The molecule has 0 fully saturated rings. The highest BCUT2D eigenvalue weighted by Gasteiger charge is 2.07. The SMILES string of the molecule is CN(CC(=O)Nc1ccc(N)cc1)Cc1cccs1. The maximum Gasteiger partial charge on any atom is 0.238 e. The minimum absolute atomic E-state index is 0.0242. The van der Waals surface area contributed by atoms with Crippen LogP contribution in [0.2, 0.25) is 0 Å². The Morgan fingerprint density at radius 2 is 2.05 bits per heavy atom. The van der Waals surface area contributed by atoms with Gasteiger partial charge in [0.15, 0.2) is 0 Å². The predicted octanol–water partition coefficient (Wildman–Crippen LogP) is 2.40. The van der Waals surface area contributed by atoms with Crippen LogP contribution in [-0.2, 0) is 11.3 Å². The van der Waals surface area contributed by atoms with Gasteiger partial charge in [-0.15, -0.1) is 11.3 Å². The van der Waals surface area contributed by atoms with E-state index in [0.29, 0.717) is 12.2 Å². The Labute approximate surface area is 116 Å². The molecule has 1 aromatic heterocycles. The molecule has 0 bridgehead atoms. The number of likely N-dealkylation sites (N-methyl/N-ethyl adjacent to an activating group) is 1. The molecule has 3 N–H and O–H groups in total. The number of benzene rings is 1. The average Bonchev–Trinajstić information content (AvgIpc) is 2.84. The minimum atomic E-state index is -0.0242. The van der Waals surface area contributed by atoms with E-state index < -0.39 is 0 Å². The Bertz CT molecular complexity index is 522. The van der Waals surface area contributed by atoms with Gasteiger partial charge in [0.1, 0.15) is 0 Å². The van der Waals surface area contributed by atoms with Crippen LogP contribution in [0.1, 0.15) is 4.88 Å². The van der Waals surface area contributed by atoms with E-state index in [1.165, 1.54) is 4.88 Å². The Kier molecular flexibility index (Phi) is 4.54. The predicted molar refractivity (Wildman–Crippen MR) is 80.1 cm³/mol. The molecule has 0 unspecified atom stereocenters. The third-order valence-corrected chi connectivity index (χ3v) is 3.47. The van der Waals surface area contributed by atoms with E-state index in [1.54, 1.807) is 35.6 Å². The van der Waals surface area contributed by atoms with E-state index in [0.717, 1.165) is 12.2 Å². The van der Waals surface area contributed by atoms with E-state index in [1.807, 2.05) is 23.4 Å². The number of nitrogen functional groups attached to an aromatic ring is 1. The van der Waals surface area contributed by atoms with E-state index in [9.17, 15) is 4.79 Å². The summed E-state index contributed by atoms with van der Waals surface area (Å²) >= 11 is 1.70. The summed E-state index contributed by atoms with van der Waals surface area (Å²) in [4.78, 5) is 15.1. The fourth-order valence-electron chi connectivity index (χ4n) is 1.74. The van der Waals surface area contributed by atoms with Gasteiger partial charge in [-0.25, -0.2) is 0 Å². The van der Waals surface area contributed by atoms with Gasteiger partial charge in [0.25, 0.3) is 0 Å². The van der Waals surface area contributed by atoms with Crippen LogP contribution in [0.4, 0.5) is 11.4 Å². The molecule has 19 heavy (non-hydrogen) atoms. The first-order chi connectivity index (χ1) is 9.13. The lowest BCUT2D eigenvalue weighted by Gasteiger charge is -2.15. The molecule has 0 aliphatic heterocycles. The van der Waals surface area contributed by atoms with E-state index in [2.05, 4.69) is 11.4 Å². The fraction of sp³-hybridized carbons (Fsp3) is 0.214. The molecule has 1 heterocycles. The van der Waals surface area contributed by atoms with Gasteiger partial charge in [0.05, 0.1) is 6.54 Å². The molecule has 4 nitrogen and oxygen atoms in total. The zero-order valence-electron chi connectivity index (χ0n) is 10.8. The molecular formula is C14H17N3OS.